The second-order valence-corrected chi connectivity index (χ2v) is 7.55. The van der Waals surface area contributed by atoms with Gasteiger partial charge in [-0.05, 0) is 61.7 Å². The third kappa shape index (κ3) is 6.60. The summed E-state index contributed by atoms with van der Waals surface area (Å²) in [6.45, 7) is 3.96. The molecule has 2 amide bonds. The lowest BCUT2D eigenvalue weighted by Crippen LogP contribution is -2.20. The highest BCUT2D eigenvalue weighted by molar-refractivity contribution is 5.94. The number of amides is 2. The molecule has 3 aromatic carbocycles. The molecule has 0 bridgehead atoms. The van der Waals surface area contributed by atoms with Gasteiger partial charge < -0.3 is 20.1 Å². The SMILES string of the molecule is COc1ccccc1OCC(=O)Nc1cccc(NC(=O)CCc2ccc(C)cc2C)c1. The molecule has 0 unspecified atom stereocenters. The maximum atomic E-state index is 12.4. The Hall–Kier alpha value is -3.80. The molecule has 2 N–H and O–H groups in total. The van der Waals surface area contributed by atoms with Crippen LogP contribution in [0.2, 0.25) is 0 Å². The fraction of sp³-hybridized carbons (Fsp3) is 0.231. The predicted molar refractivity (Wildman–Crippen MR) is 126 cm³/mol. The van der Waals surface area contributed by atoms with Gasteiger partial charge in [-0.25, -0.2) is 0 Å². The molecule has 0 fully saturated rings. The topological polar surface area (TPSA) is 76.7 Å². The van der Waals surface area contributed by atoms with Crippen molar-refractivity contribution in [3.05, 3.63) is 83.4 Å². The van der Waals surface area contributed by atoms with E-state index >= 15 is 0 Å². The lowest BCUT2D eigenvalue weighted by Gasteiger charge is -2.12. The van der Waals surface area contributed by atoms with E-state index in [9.17, 15) is 9.59 Å². The minimum Gasteiger partial charge on any atom is -0.493 e. The molecule has 32 heavy (non-hydrogen) atoms. The first-order chi connectivity index (χ1) is 15.4. The van der Waals surface area contributed by atoms with Crippen molar-refractivity contribution in [1.82, 2.24) is 0 Å². The van der Waals surface area contributed by atoms with Crippen LogP contribution in [0.3, 0.4) is 0 Å². The van der Waals surface area contributed by atoms with Gasteiger partial charge >= 0.3 is 0 Å². The van der Waals surface area contributed by atoms with E-state index in [0.29, 0.717) is 35.7 Å². The lowest BCUT2D eigenvalue weighted by molar-refractivity contribution is -0.118. The van der Waals surface area contributed by atoms with Gasteiger partial charge in [0.2, 0.25) is 5.91 Å². The van der Waals surface area contributed by atoms with E-state index in [1.165, 1.54) is 16.7 Å². The smallest absolute Gasteiger partial charge is 0.262 e. The summed E-state index contributed by atoms with van der Waals surface area (Å²) >= 11 is 0. The number of carbonyl (C=O) groups excluding carboxylic acids is 2. The molecule has 0 aliphatic rings. The molecule has 166 valence electrons. The van der Waals surface area contributed by atoms with Crippen molar-refractivity contribution in [1.29, 1.82) is 0 Å². The van der Waals surface area contributed by atoms with Gasteiger partial charge in [0.15, 0.2) is 18.1 Å². The third-order valence-electron chi connectivity index (χ3n) is 4.98. The van der Waals surface area contributed by atoms with Crippen LogP contribution in [0.5, 0.6) is 11.5 Å². The average Bonchev–Trinajstić information content (AvgIpc) is 2.77. The summed E-state index contributed by atoms with van der Waals surface area (Å²) in [4.78, 5) is 24.7. The van der Waals surface area contributed by atoms with Gasteiger partial charge in [-0.3, -0.25) is 9.59 Å². The van der Waals surface area contributed by atoms with Crippen LogP contribution in [0.1, 0.15) is 23.1 Å². The van der Waals surface area contributed by atoms with Gasteiger partial charge in [0.25, 0.3) is 5.91 Å². The summed E-state index contributed by atoms with van der Waals surface area (Å²) in [7, 11) is 1.55. The Kier molecular flexibility index (Phi) is 7.86. The van der Waals surface area contributed by atoms with Crippen LogP contribution in [0.25, 0.3) is 0 Å². The zero-order valence-electron chi connectivity index (χ0n) is 18.6. The quantitative estimate of drug-likeness (QED) is 0.504. The normalized spacial score (nSPS) is 10.3. The molecule has 3 aromatic rings. The molecule has 0 atom stereocenters. The molecule has 6 heteroatoms. The Morgan fingerprint density at radius 1 is 0.812 bits per heavy atom. The Bertz CT molecular complexity index is 1090. The van der Waals surface area contributed by atoms with E-state index in [1.54, 1.807) is 43.5 Å². The van der Waals surface area contributed by atoms with Gasteiger partial charge in [0.05, 0.1) is 7.11 Å². The van der Waals surface area contributed by atoms with Crippen molar-refractivity contribution in [3.63, 3.8) is 0 Å². The maximum absolute atomic E-state index is 12.4. The summed E-state index contributed by atoms with van der Waals surface area (Å²) in [5.74, 6) is 0.669. The predicted octanol–water partition coefficient (Wildman–Crippen LogP) is 4.90. The number of benzene rings is 3. The zero-order valence-corrected chi connectivity index (χ0v) is 18.6. The Balaban J connectivity index is 1.50. The van der Waals surface area contributed by atoms with E-state index in [4.69, 9.17) is 9.47 Å². The number of anilines is 2. The molecule has 0 aliphatic heterocycles. The van der Waals surface area contributed by atoms with Crippen LogP contribution in [-0.2, 0) is 16.0 Å². The number of carbonyl (C=O) groups is 2. The maximum Gasteiger partial charge on any atom is 0.262 e. The number of nitrogens with one attached hydrogen (secondary N) is 2. The van der Waals surface area contributed by atoms with E-state index in [2.05, 4.69) is 42.7 Å². The Morgan fingerprint density at radius 2 is 1.50 bits per heavy atom. The third-order valence-corrected chi connectivity index (χ3v) is 4.98. The molecule has 6 nitrogen and oxygen atoms in total. The fourth-order valence-electron chi connectivity index (χ4n) is 3.35. The molecular formula is C26H28N2O4. The zero-order chi connectivity index (χ0) is 22.9. The van der Waals surface area contributed by atoms with Gasteiger partial charge in [-0.15, -0.1) is 0 Å². The van der Waals surface area contributed by atoms with Crippen LogP contribution in [0.15, 0.2) is 66.7 Å². The highest BCUT2D eigenvalue weighted by Crippen LogP contribution is 2.25. The Labute approximate surface area is 188 Å². The van der Waals surface area contributed by atoms with Crippen molar-refractivity contribution in [2.75, 3.05) is 24.4 Å². The van der Waals surface area contributed by atoms with Crippen molar-refractivity contribution < 1.29 is 19.1 Å². The summed E-state index contributed by atoms with van der Waals surface area (Å²) in [6.07, 6.45) is 1.06. The number of ether oxygens (including phenoxy) is 2. The molecule has 0 heterocycles. The van der Waals surface area contributed by atoms with E-state index in [-0.39, 0.29) is 18.4 Å². The van der Waals surface area contributed by atoms with Crippen molar-refractivity contribution >= 4 is 23.2 Å². The van der Waals surface area contributed by atoms with Gasteiger partial charge in [-0.1, -0.05) is 42.0 Å². The van der Waals surface area contributed by atoms with Crippen LogP contribution >= 0.6 is 0 Å². The monoisotopic (exact) mass is 432 g/mol. The molecule has 0 radical (unpaired) electrons. The first-order valence-corrected chi connectivity index (χ1v) is 10.5. The molecule has 3 rings (SSSR count). The van der Waals surface area contributed by atoms with Crippen molar-refractivity contribution in [2.45, 2.75) is 26.7 Å². The number of methoxy groups -OCH3 is 1. The van der Waals surface area contributed by atoms with Gasteiger partial charge in [-0.2, -0.15) is 0 Å². The number of aryl methyl sites for hydroxylation is 3. The second-order valence-electron chi connectivity index (χ2n) is 7.55. The molecule has 0 aromatic heterocycles. The summed E-state index contributed by atoms with van der Waals surface area (Å²) in [6, 6.07) is 20.4. The minimum absolute atomic E-state index is 0.0760. The number of para-hydroxylation sites is 2. The summed E-state index contributed by atoms with van der Waals surface area (Å²) in [5, 5.41) is 5.67. The highest BCUT2D eigenvalue weighted by atomic mass is 16.5. The van der Waals surface area contributed by atoms with Crippen LogP contribution in [0, 0.1) is 13.8 Å². The summed E-state index contributed by atoms with van der Waals surface area (Å²) in [5.41, 5.74) is 4.77. The van der Waals surface area contributed by atoms with Crippen LogP contribution in [0.4, 0.5) is 11.4 Å². The first-order valence-electron chi connectivity index (χ1n) is 10.5. The van der Waals surface area contributed by atoms with Gasteiger partial charge in [0, 0.05) is 17.8 Å². The molecule has 0 saturated heterocycles. The van der Waals surface area contributed by atoms with Crippen LogP contribution < -0.4 is 20.1 Å². The number of rotatable bonds is 9. The standard InChI is InChI=1S/C26H28N2O4/c1-18-11-12-20(19(2)15-18)13-14-25(29)27-21-7-6-8-22(16-21)28-26(30)17-32-24-10-5-4-9-23(24)31-3/h4-12,15-16H,13-14,17H2,1-3H3,(H,27,29)(H,28,30). The summed E-state index contributed by atoms with van der Waals surface area (Å²) < 4.78 is 10.8. The first kappa shape index (κ1) is 22.9. The molecule has 0 spiro atoms. The fourth-order valence-corrected chi connectivity index (χ4v) is 3.35. The van der Waals surface area contributed by atoms with E-state index < -0.39 is 0 Å². The Morgan fingerprint density at radius 3 is 2.19 bits per heavy atom. The number of hydrogen-bond acceptors (Lipinski definition) is 4. The largest absolute Gasteiger partial charge is 0.493 e. The highest BCUT2D eigenvalue weighted by Gasteiger charge is 2.09. The van der Waals surface area contributed by atoms with Gasteiger partial charge in [0.1, 0.15) is 0 Å². The lowest BCUT2D eigenvalue weighted by atomic mass is 10.0. The molecular weight excluding hydrogens is 404 g/mol. The minimum atomic E-state index is -0.311. The van der Waals surface area contributed by atoms with Crippen LogP contribution in [-0.4, -0.2) is 25.5 Å². The average molecular weight is 433 g/mol. The molecule has 0 saturated carbocycles. The second kappa shape index (κ2) is 11.0. The molecule has 0 aliphatic carbocycles. The van der Waals surface area contributed by atoms with E-state index in [0.717, 1.165) is 0 Å². The number of hydrogen-bond donors (Lipinski definition) is 2. The van der Waals surface area contributed by atoms with E-state index in [1.807, 2.05) is 12.1 Å². The van der Waals surface area contributed by atoms with Crippen molar-refractivity contribution in [3.8, 4) is 11.5 Å². The van der Waals surface area contributed by atoms with Crippen molar-refractivity contribution in [2.24, 2.45) is 0 Å².